The van der Waals surface area contributed by atoms with Crippen molar-refractivity contribution in [1.29, 1.82) is 0 Å². The lowest BCUT2D eigenvalue weighted by molar-refractivity contribution is 0.197. The summed E-state index contributed by atoms with van der Waals surface area (Å²) in [5, 5.41) is 9.46. The van der Waals surface area contributed by atoms with Gasteiger partial charge in [-0.1, -0.05) is 15.9 Å². The lowest BCUT2D eigenvalue weighted by Crippen LogP contribution is -2.10. The molecule has 22 heavy (non-hydrogen) atoms. The van der Waals surface area contributed by atoms with Crippen molar-refractivity contribution < 1.29 is 19.0 Å². The van der Waals surface area contributed by atoms with Gasteiger partial charge in [-0.2, -0.15) is 0 Å². The molecule has 0 bridgehead atoms. The molecule has 0 saturated carbocycles. The molecular formula is C15H10BrFN2O3. The lowest BCUT2D eigenvalue weighted by Gasteiger charge is -2.05. The van der Waals surface area contributed by atoms with E-state index in [2.05, 4.69) is 20.9 Å². The molecule has 3 aromatic rings. The van der Waals surface area contributed by atoms with Crippen molar-refractivity contribution in [3.8, 4) is 17.1 Å². The average molecular weight is 365 g/mol. The second kappa shape index (κ2) is 5.42. The Morgan fingerprint density at radius 3 is 2.77 bits per heavy atom. The van der Waals surface area contributed by atoms with E-state index in [4.69, 9.17) is 4.74 Å². The number of ether oxygens (including phenoxy) is 1. The first-order valence-corrected chi connectivity index (χ1v) is 7.06. The van der Waals surface area contributed by atoms with Gasteiger partial charge in [0.05, 0.1) is 23.7 Å². The van der Waals surface area contributed by atoms with Crippen LogP contribution in [0.25, 0.3) is 22.4 Å². The molecular weight excluding hydrogens is 355 g/mol. The van der Waals surface area contributed by atoms with Gasteiger partial charge in [0, 0.05) is 10.5 Å². The molecule has 112 valence electrons. The number of hydrogen-bond acceptors (Lipinski definition) is 3. The number of carbonyl (C=O) groups is 1. The highest BCUT2D eigenvalue weighted by Gasteiger charge is 2.20. The van der Waals surface area contributed by atoms with Crippen LogP contribution < -0.4 is 4.74 Å². The van der Waals surface area contributed by atoms with Gasteiger partial charge in [-0.15, -0.1) is 0 Å². The van der Waals surface area contributed by atoms with Gasteiger partial charge < -0.3 is 9.84 Å². The maximum Gasteiger partial charge on any atom is 0.417 e. The summed E-state index contributed by atoms with van der Waals surface area (Å²) in [6, 6.07) is 9.10. The Balaban J connectivity index is 2.35. The van der Waals surface area contributed by atoms with Gasteiger partial charge in [0.2, 0.25) is 0 Å². The van der Waals surface area contributed by atoms with Crippen molar-refractivity contribution in [2.24, 2.45) is 0 Å². The normalized spacial score (nSPS) is 10.9. The summed E-state index contributed by atoms with van der Waals surface area (Å²) >= 11 is 3.25. The molecule has 0 atom stereocenters. The summed E-state index contributed by atoms with van der Waals surface area (Å²) in [6.45, 7) is 0. The van der Waals surface area contributed by atoms with E-state index >= 15 is 0 Å². The summed E-state index contributed by atoms with van der Waals surface area (Å²) in [6.07, 6.45) is -1.23. The minimum atomic E-state index is -1.23. The number of rotatable bonds is 2. The van der Waals surface area contributed by atoms with Crippen LogP contribution in [0.15, 0.2) is 40.9 Å². The van der Waals surface area contributed by atoms with E-state index in [1.807, 2.05) is 0 Å². The van der Waals surface area contributed by atoms with Crippen LogP contribution in [0.2, 0.25) is 0 Å². The van der Waals surface area contributed by atoms with E-state index in [-0.39, 0.29) is 11.4 Å². The third kappa shape index (κ3) is 2.33. The Hall–Kier alpha value is -2.41. The van der Waals surface area contributed by atoms with E-state index in [0.29, 0.717) is 21.3 Å². The third-order valence-corrected chi connectivity index (χ3v) is 3.72. The number of hydrogen-bond donors (Lipinski definition) is 1. The Kier molecular flexibility index (Phi) is 3.58. The van der Waals surface area contributed by atoms with E-state index in [0.717, 1.165) is 4.57 Å². The zero-order valence-electron chi connectivity index (χ0n) is 11.4. The van der Waals surface area contributed by atoms with Gasteiger partial charge in [0.25, 0.3) is 0 Å². The number of benzene rings is 2. The van der Waals surface area contributed by atoms with Crippen molar-refractivity contribution in [2.75, 3.05) is 7.11 Å². The van der Waals surface area contributed by atoms with Gasteiger partial charge in [-0.25, -0.2) is 18.7 Å². The summed E-state index contributed by atoms with van der Waals surface area (Å²) in [5.41, 5.74) is 0.880. The monoisotopic (exact) mass is 364 g/mol. The van der Waals surface area contributed by atoms with E-state index in [9.17, 15) is 14.3 Å². The summed E-state index contributed by atoms with van der Waals surface area (Å²) in [4.78, 5) is 15.8. The summed E-state index contributed by atoms with van der Waals surface area (Å²) in [7, 11) is 1.50. The van der Waals surface area contributed by atoms with Gasteiger partial charge in [0.15, 0.2) is 5.82 Å². The molecule has 3 rings (SSSR count). The van der Waals surface area contributed by atoms with Crippen LogP contribution in [0.5, 0.6) is 5.75 Å². The van der Waals surface area contributed by atoms with E-state index in [1.54, 1.807) is 18.2 Å². The molecule has 0 saturated heterocycles. The molecule has 0 amide bonds. The predicted octanol–water partition coefficient (Wildman–Crippen LogP) is 4.14. The van der Waals surface area contributed by atoms with Crippen LogP contribution >= 0.6 is 15.9 Å². The highest BCUT2D eigenvalue weighted by Crippen LogP contribution is 2.30. The first kappa shape index (κ1) is 14.5. The predicted molar refractivity (Wildman–Crippen MR) is 82.8 cm³/mol. The fraction of sp³-hybridized carbons (Fsp3) is 0.0667. The fourth-order valence-electron chi connectivity index (χ4n) is 2.23. The molecule has 1 aromatic heterocycles. The van der Waals surface area contributed by atoms with Crippen molar-refractivity contribution in [3.63, 3.8) is 0 Å². The zero-order valence-corrected chi connectivity index (χ0v) is 13.0. The molecule has 0 fully saturated rings. The van der Waals surface area contributed by atoms with Crippen molar-refractivity contribution >= 4 is 33.1 Å². The van der Waals surface area contributed by atoms with Gasteiger partial charge in [0.1, 0.15) is 11.6 Å². The third-order valence-electron chi connectivity index (χ3n) is 3.22. The van der Waals surface area contributed by atoms with Gasteiger partial charge in [-0.05, 0) is 30.3 Å². The molecule has 7 heteroatoms. The van der Waals surface area contributed by atoms with Crippen molar-refractivity contribution in [2.45, 2.75) is 0 Å². The molecule has 0 spiro atoms. The highest BCUT2D eigenvalue weighted by molar-refractivity contribution is 9.10. The topological polar surface area (TPSA) is 64.4 Å². The molecule has 0 aliphatic heterocycles. The average Bonchev–Trinajstić information content (AvgIpc) is 2.87. The summed E-state index contributed by atoms with van der Waals surface area (Å²) in [5.74, 6) is 0.0197. The zero-order chi connectivity index (χ0) is 15.9. The standard InChI is InChI=1S/C15H10BrFN2O3/c1-22-9-3-5-13-12(7-9)18-14(19(13)15(20)21)10-6-8(16)2-4-11(10)17/h2-7H,1H3,(H,20,21). The maximum atomic E-state index is 14.1. The maximum absolute atomic E-state index is 14.1. The number of fused-ring (bicyclic) bond motifs is 1. The molecule has 0 unspecified atom stereocenters. The van der Waals surface area contributed by atoms with Crippen LogP contribution in [0, 0.1) is 5.82 Å². The van der Waals surface area contributed by atoms with Gasteiger partial charge >= 0.3 is 6.09 Å². The SMILES string of the molecule is COc1ccc2c(c1)nc(-c1cc(Br)ccc1F)n2C(=O)O. The number of aromatic nitrogens is 2. The first-order chi connectivity index (χ1) is 10.5. The minimum absolute atomic E-state index is 0.0227. The van der Waals surface area contributed by atoms with Gasteiger partial charge in [-0.3, -0.25) is 0 Å². The summed E-state index contributed by atoms with van der Waals surface area (Å²) < 4.78 is 20.8. The Morgan fingerprint density at radius 2 is 2.09 bits per heavy atom. The molecule has 1 heterocycles. The Labute approximate surface area is 133 Å². The van der Waals surface area contributed by atoms with Crippen molar-refractivity contribution in [1.82, 2.24) is 9.55 Å². The lowest BCUT2D eigenvalue weighted by atomic mass is 10.2. The second-order valence-electron chi connectivity index (χ2n) is 4.53. The highest BCUT2D eigenvalue weighted by atomic mass is 79.9. The van der Waals surface area contributed by atoms with Crippen LogP contribution in [0.3, 0.4) is 0 Å². The number of carboxylic acid groups (broad SMARTS) is 1. The molecule has 0 aliphatic carbocycles. The van der Waals surface area contributed by atoms with E-state index < -0.39 is 11.9 Å². The molecule has 0 aliphatic rings. The Bertz CT molecular complexity index is 892. The van der Waals surface area contributed by atoms with E-state index in [1.165, 1.54) is 25.3 Å². The first-order valence-electron chi connectivity index (χ1n) is 6.26. The number of imidazole rings is 1. The Morgan fingerprint density at radius 1 is 1.32 bits per heavy atom. The quantitative estimate of drug-likeness (QED) is 0.742. The largest absolute Gasteiger partial charge is 0.497 e. The number of nitrogens with zero attached hydrogens (tertiary/aromatic N) is 2. The van der Waals surface area contributed by atoms with Crippen LogP contribution in [-0.4, -0.2) is 27.9 Å². The smallest absolute Gasteiger partial charge is 0.417 e. The van der Waals surface area contributed by atoms with Crippen LogP contribution in [0.4, 0.5) is 9.18 Å². The fourth-order valence-corrected chi connectivity index (χ4v) is 2.59. The van der Waals surface area contributed by atoms with Crippen molar-refractivity contribution in [3.05, 3.63) is 46.7 Å². The molecule has 1 N–H and O–H groups in total. The number of methoxy groups -OCH3 is 1. The molecule has 0 radical (unpaired) electrons. The van der Waals surface area contributed by atoms with Crippen LogP contribution in [0.1, 0.15) is 0 Å². The minimum Gasteiger partial charge on any atom is -0.497 e. The second-order valence-corrected chi connectivity index (χ2v) is 5.45. The number of halogens is 2. The molecule has 2 aromatic carbocycles. The molecule has 5 nitrogen and oxygen atoms in total. The van der Waals surface area contributed by atoms with Crippen LogP contribution in [-0.2, 0) is 0 Å².